The molecular weight excluding hydrogens is 212 g/mol. The molecule has 92 valence electrons. The lowest BCUT2D eigenvalue weighted by molar-refractivity contribution is 0.129. The summed E-state index contributed by atoms with van der Waals surface area (Å²) in [6.07, 6.45) is 8.33. The van der Waals surface area contributed by atoms with Gasteiger partial charge in [-0.3, -0.25) is 0 Å². The van der Waals surface area contributed by atoms with Gasteiger partial charge < -0.3 is 9.47 Å². The number of rotatable bonds is 2. The molecule has 1 aromatic carbocycles. The van der Waals surface area contributed by atoms with Crippen LogP contribution in [0.3, 0.4) is 0 Å². The molecule has 0 saturated heterocycles. The number of ether oxygens (including phenoxy) is 2. The molecule has 2 heteroatoms. The molecule has 0 radical (unpaired) electrons. The van der Waals surface area contributed by atoms with Gasteiger partial charge in [-0.2, -0.15) is 0 Å². The third kappa shape index (κ3) is 2.13. The molecule has 0 N–H and O–H groups in total. The molecule has 2 nitrogen and oxygen atoms in total. The van der Waals surface area contributed by atoms with E-state index in [2.05, 4.69) is 12.1 Å². The zero-order chi connectivity index (χ0) is 11.7. The van der Waals surface area contributed by atoms with Gasteiger partial charge in [0.2, 0.25) is 0 Å². The van der Waals surface area contributed by atoms with E-state index in [0.29, 0.717) is 6.10 Å². The molecule has 1 saturated carbocycles. The predicted molar refractivity (Wildman–Crippen MR) is 67.7 cm³/mol. The van der Waals surface area contributed by atoms with Gasteiger partial charge in [0.1, 0.15) is 17.6 Å². The summed E-state index contributed by atoms with van der Waals surface area (Å²) < 4.78 is 11.4. The number of hydrogen-bond donors (Lipinski definition) is 0. The van der Waals surface area contributed by atoms with Gasteiger partial charge in [0, 0.05) is 12.0 Å². The molecule has 3 rings (SSSR count). The monoisotopic (exact) mass is 232 g/mol. The van der Waals surface area contributed by atoms with E-state index in [0.717, 1.165) is 23.8 Å². The predicted octanol–water partition coefficient (Wildman–Crippen LogP) is 3.58. The zero-order valence-corrected chi connectivity index (χ0v) is 10.4. The second-order valence-corrected chi connectivity index (χ2v) is 5.23. The third-order valence-corrected chi connectivity index (χ3v) is 4.14. The molecule has 0 amide bonds. The van der Waals surface area contributed by atoms with Crippen LogP contribution in [0.15, 0.2) is 18.2 Å². The van der Waals surface area contributed by atoms with Crippen LogP contribution in [0.25, 0.3) is 0 Å². The van der Waals surface area contributed by atoms with Gasteiger partial charge in [-0.25, -0.2) is 0 Å². The van der Waals surface area contributed by atoms with Gasteiger partial charge in [0.15, 0.2) is 0 Å². The Labute approximate surface area is 103 Å². The van der Waals surface area contributed by atoms with Crippen molar-refractivity contribution < 1.29 is 9.47 Å². The zero-order valence-electron chi connectivity index (χ0n) is 10.4. The van der Waals surface area contributed by atoms with Crippen LogP contribution in [0.5, 0.6) is 11.5 Å². The number of methoxy groups -OCH3 is 1. The molecule has 2 aliphatic rings. The maximum absolute atomic E-state index is 6.09. The molecule has 1 atom stereocenters. The Bertz CT molecular complexity index is 394. The molecule has 0 unspecified atom stereocenters. The van der Waals surface area contributed by atoms with Crippen molar-refractivity contribution in [2.24, 2.45) is 5.92 Å². The lowest BCUT2D eigenvalue weighted by Gasteiger charge is -2.26. The summed E-state index contributed by atoms with van der Waals surface area (Å²) in [7, 11) is 1.72. The van der Waals surface area contributed by atoms with Crippen molar-refractivity contribution in [3.63, 3.8) is 0 Å². The highest BCUT2D eigenvalue weighted by Crippen LogP contribution is 2.38. The first-order chi connectivity index (χ1) is 8.36. The largest absolute Gasteiger partial charge is 0.497 e. The van der Waals surface area contributed by atoms with Crippen molar-refractivity contribution in [3.05, 3.63) is 23.8 Å². The summed E-state index contributed by atoms with van der Waals surface area (Å²) in [5, 5.41) is 0. The molecular formula is C15H20O2. The van der Waals surface area contributed by atoms with Crippen molar-refractivity contribution in [3.8, 4) is 11.5 Å². The fourth-order valence-electron chi connectivity index (χ4n) is 3.15. The fraction of sp³-hybridized carbons (Fsp3) is 0.600. The molecule has 1 aliphatic heterocycles. The van der Waals surface area contributed by atoms with Gasteiger partial charge in [-0.1, -0.05) is 19.3 Å². The molecule has 0 aromatic heterocycles. The van der Waals surface area contributed by atoms with E-state index < -0.39 is 0 Å². The van der Waals surface area contributed by atoms with Crippen molar-refractivity contribution >= 4 is 0 Å². The summed E-state index contributed by atoms with van der Waals surface area (Å²) in [6.45, 7) is 0. The van der Waals surface area contributed by atoms with Crippen LogP contribution in [0.2, 0.25) is 0 Å². The Balaban J connectivity index is 1.73. The van der Waals surface area contributed by atoms with Crippen molar-refractivity contribution in [2.75, 3.05) is 7.11 Å². The number of fused-ring (bicyclic) bond motifs is 1. The normalized spacial score (nSPS) is 24.2. The van der Waals surface area contributed by atoms with Crippen LogP contribution in [-0.2, 0) is 6.42 Å². The first kappa shape index (κ1) is 10.9. The number of hydrogen-bond acceptors (Lipinski definition) is 2. The highest BCUT2D eigenvalue weighted by atomic mass is 16.5. The minimum atomic E-state index is 0.414. The van der Waals surface area contributed by atoms with Gasteiger partial charge >= 0.3 is 0 Å². The smallest absolute Gasteiger partial charge is 0.123 e. The average molecular weight is 232 g/mol. The summed E-state index contributed by atoms with van der Waals surface area (Å²) in [6, 6.07) is 6.16. The third-order valence-electron chi connectivity index (χ3n) is 4.14. The van der Waals surface area contributed by atoms with Crippen molar-refractivity contribution in [1.29, 1.82) is 0 Å². The Kier molecular flexibility index (Phi) is 2.96. The van der Waals surface area contributed by atoms with E-state index in [-0.39, 0.29) is 0 Å². The Morgan fingerprint density at radius 2 is 2.00 bits per heavy atom. The minimum absolute atomic E-state index is 0.414. The molecule has 1 fully saturated rings. The summed E-state index contributed by atoms with van der Waals surface area (Å²) in [4.78, 5) is 0. The summed E-state index contributed by atoms with van der Waals surface area (Å²) >= 11 is 0. The van der Waals surface area contributed by atoms with Gasteiger partial charge in [-0.15, -0.1) is 0 Å². The molecule has 0 spiro atoms. The second kappa shape index (κ2) is 4.59. The van der Waals surface area contributed by atoms with E-state index in [1.54, 1.807) is 7.11 Å². The highest BCUT2D eigenvalue weighted by Gasteiger charge is 2.31. The SMILES string of the molecule is COc1ccc2c(c1)C[C@@H](C1CCCCC1)O2. The van der Waals surface area contributed by atoms with E-state index in [1.165, 1.54) is 37.7 Å². The fourth-order valence-corrected chi connectivity index (χ4v) is 3.15. The summed E-state index contributed by atoms with van der Waals surface area (Å²) in [5.41, 5.74) is 1.32. The lowest BCUT2D eigenvalue weighted by Crippen LogP contribution is -2.26. The van der Waals surface area contributed by atoms with Gasteiger partial charge in [0.05, 0.1) is 7.11 Å². The molecule has 0 bridgehead atoms. The topological polar surface area (TPSA) is 18.5 Å². The van der Waals surface area contributed by atoms with Gasteiger partial charge in [0.25, 0.3) is 0 Å². The quantitative estimate of drug-likeness (QED) is 0.776. The van der Waals surface area contributed by atoms with Crippen LogP contribution < -0.4 is 9.47 Å². The maximum Gasteiger partial charge on any atom is 0.123 e. The molecule has 1 heterocycles. The molecule has 1 aromatic rings. The van der Waals surface area contributed by atoms with Crippen LogP contribution in [0.1, 0.15) is 37.7 Å². The number of benzene rings is 1. The van der Waals surface area contributed by atoms with Crippen LogP contribution in [-0.4, -0.2) is 13.2 Å². The van der Waals surface area contributed by atoms with Gasteiger partial charge in [-0.05, 0) is 37.0 Å². The van der Waals surface area contributed by atoms with Crippen LogP contribution in [0.4, 0.5) is 0 Å². The summed E-state index contributed by atoms with van der Waals surface area (Å²) in [5.74, 6) is 2.78. The first-order valence-electron chi connectivity index (χ1n) is 6.70. The second-order valence-electron chi connectivity index (χ2n) is 5.23. The highest BCUT2D eigenvalue weighted by molar-refractivity contribution is 5.43. The Morgan fingerprint density at radius 3 is 2.76 bits per heavy atom. The standard InChI is InChI=1S/C15H20O2/c1-16-13-7-8-14-12(9-13)10-15(17-14)11-5-3-2-4-6-11/h7-9,11,15H,2-6,10H2,1H3/t15-/m0/s1. The Hall–Kier alpha value is -1.18. The van der Waals surface area contributed by atoms with E-state index in [1.807, 2.05) is 6.07 Å². The van der Waals surface area contributed by atoms with E-state index in [9.17, 15) is 0 Å². The Morgan fingerprint density at radius 1 is 1.18 bits per heavy atom. The maximum atomic E-state index is 6.09. The van der Waals surface area contributed by atoms with E-state index >= 15 is 0 Å². The van der Waals surface area contributed by atoms with Crippen molar-refractivity contribution in [1.82, 2.24) is 0 Å². The molecule has 17 heavy (non-hydrogen) atoms. The van der Waals surface area contributed by atoms with Crippen molar-refractivity contribution in [2.45, 2.75) is 44.6 Å². The first-order valence-corrected chi connectivity index (χ1v) is 6.70. The average Bonchev–Trinajstić information content (AvgIpc) is 2.82. The molecule has 1 aliphatic carbocycles. The van der Waals surface area contributed by atoms with Crippen LogP contribution >= 0.6 is 0 Å². The minimum Gasteiger partial charge on any atom is -0.497 e. The lowest BCUT2D eigenvalue weighted by atomic mass is 9.84. The van der Waals surface area contributed by atoms with E-state index in [4.69, 9.17) is 9.47 Å². The van der Waals surface area contributed by atoms with Crippen LogP contribution in [0, 0.1) is 5.92 Å².